The van der Waals surface area contributed by atoms with Crippen LogP contribution in [0.2, 0.25) is 0 Å². The highest BCUT2D eigenvalue weighted by atomic mass is 16.5. The predicted octanol–water partition coefficient (Wildman–Crippen LogP) is 2.56. The first-order chi connectivity index (χ1) is 10.7. The van der Waals surface area contributed by atoms with E-state index in [2.05, 4.69) is 41.6 Å². The van der Waals surface area contributed by atoms with Crippen LogP contribution in [0.15, 0.2) is 29.3 Å². The van der Waals surface area contributed by atoms with E-state index in [0.29, 0.717) is 6.54 Å². The van der Waals surface area contributed by atoms with Crippen LogP contribution in [-0.4, -0.2) is 45.9 Å². The maximum absolute atomic E-state index is 5.41. The highest BCUT2D eigenvalue weighted by Gasteiger charge is 2.22. The Hall–Kier alpha value is -1.75. The molecule has 0 heterocycles. The van der Waals surface area contributed by atoms with Crippen LogP contribution in [0, 0.1) is 0 Å². The largest absolute Gasteiger partial charge is 0.497 e. The number of benzene rings is 1. The van der Waals surface area contributed by atoms with Gasteiger partial charge in [0.15, 0.2) is 5.96 Å². The van der Waals surface area contributed by atoms with Gasteiger partial charge in [-0.25, -0.2) is 0 Å². The average molecular weight is 321 g/mol. The maximum atomic E-state index is 5.41. The van der Waals surface area contributed by atoms with Gasteiger partial charge in [0.05, 0.1) is 12.7 Å². The molecule has 5 nitrogen and oxygen atoms in total. The topological polar surface area (TPSA) is 54.9 Å². The molecule has 0 aliphatic rings. The fourth-order valence-electron chi connectivity index (χ4n) is 2.04. The van der Waals surface area contributed by atoms with Gasteiger partial charge in [0.25, 0.3) is 0 Å². The molecule has 0 fully saturated rings. The number of rotatable bonds is 7. The first-order valence-electron chi connectivity index (χ1n) is 7.88. The second-order valence-corrected chi connectivity index (χ2v) is 6.86. The second-order valence-electron chi connectivity index (χ2n) is 6.86. The third-order valence-electron chi connectivity index (χ3n) is 4.03. The normalized spacial score (nSPS) is 12.9. The van der Waals surface area contributed by atoms with E-state index in [9.17, 15) is 0 Å². The first-order valence-corrected chi connectivity index (χ1v) is 7.88. The van der Waals surface area contributed by atoms with Gasteiger partial charge in [0.1, 0.15) is 5.75 Å². The van der Waals surface area contributed by atoms with Crippen LogP contribution in [0.1, 0.15) is 33.3 Å². The van der Waals surface area contributed by atoms with E-state index in [1.165, 1.54) is 5.56 Å². The zero-order chi connectivity index (χ0) is 17.5. The highest BCUT2D eigenvalue weighted by molar-refractivity contribution is 5.79. The Morgan fingerprint density at radius 2 is 1.57 bits per heavy atom. The summed E-state index contributed by atoms with van der Waals surface area (Å²) in [6.07, 6.45) is 0. The summed E-state index contributed by atoms with van der Waals surface area (Å²) in [4.78, 5) is 4.27. The van der Waals surface area contributed by atoms with E-state index in [-0.39, 0.29) is 11.0 Å². The van der Waals surface area contributed by atoms with Crippen molar-refractivity contribution in [3.8, 4) is 5.75 Å². The number of nitrogens with zero attached hydrogens (tertiary/aromatic N) is 1. The predicted molar refractivity (Wildman–Crippen MR) is 96.5 cm³/mol. The molecule has 0 bridgehead atoms. The summed E-state index contributed by atoms with van der Waals surface area (Å²) >= 11 is 0. The molecule has 0 aromatic heterocycles. The lowest BCUT2D eigenvalue weighted by Crippen LogP contribution is -2.48. The smallest absolute Gasteiger partial charge is 0.191 e. The minimum absolute atomic E-state index is 0.0271. The minimum atomic E-state index is -0.233. The Kier molecular flexibility index (Phi) is 6.88. The van der Waals surface area contributed by atoms with Crippen LogP contribution >= 0.6 is 0 Å². The third-order valence-corrected chi connectivity index (χ3v) is 4.03. The summed E-state index contributed by atoms with van der Waals surface area (Å²) in [7, 11) is 5.17. The van der Waals surface area contributed by atoms with E-state index >= 15 is 0 Å². The molecular formula is C18H31N3O2. The van der Waals surface area contributed by atoms with Crippen LogP contribution in [0.3, 0.4) is 0 Å². The molecule has 5 heteroatoms. The molecule has 0 aliphatic carbocycles. The number of guanidine groups is 1. The van der Waals surface area contributed by atoms with Gasteiger partial charge in [0, 0.05) is 32.7 Å². The Balaban J connectivity index is 2.62. The number of hydrogen-bond donors (Lipinski definition) is 2. The molecular weight excluding hydrogens is 290 g/mol. The van der Waals surface area contributed by atoms with Crippen LogP contribution in [0.4, 0.5) is 0 Å². The zero-order valence-corrected chi connectivity index (χ0v) is 15.5. The summed E-state index contributed by atoms with van der Waals surface area (Å²) in [6, 6.07) is 8.19. The van der Waals surface area contributed by atoms with Gasteiger partial charge in [-0.3, -0.25) is 4.99 Å². The van der Waals surface area contributed by atoms with Crippen LogP contribution < -0.4 is 15.4 Å². The SMILES string of the molecule is CN=C(NCC(C)(C)OC)NCC(C)(C)c1ccc(OC)cc1. The van der Waals surface area contributed by atoms with Crippen LogP contribution in [0.25, 0.3) is 0 Å². The number of nitrogens with one attached hydrogen (secondary N) is 2. The lowest BCUT2D eigenvalue weighted by Gasteiger charge is -2.28. The second kappa shape index (κ2) is 8.20. The highest BCUT2D eigenvalue weighted by Crippen LogP contribution is 2.24. The molecule has 0 spiro atoms. The minimum Gasteiger partial charge on any atom is -0.497 e. The lowest BCUT2D eigenvalue weighted by atomic mass is 9.84. The van der Waals surface area contributed by atoms with Gasteiger partial charge in [-0.1, -0.05) is 26.0 Å². The summed E-state index contributed by atoms with van der Waals surface area (Å²) in [5.74, 6) is 1.65. The number of hydrogen-bond acceptors (Lipinski definition) is 3. The quantitative estimate of drug-likeness (QED) is 0.599. The zero-order valence-electron chi connectivity index (χ0n) is 15.5. The molecule has 0 amide bonds. The number of ether oxygens (including phenoxy) is 2. The van der Waals surface area contributed by atoms with E-state index in [1.54, 1.807) is 21.3 Å². The van der Waals surface area contributed by atoms with Crippen LogP contribution in [0.5, 0.6) is 5.75 Å². The van der Waals surface area contributed by atoms with Gasteiger partial charge in [0.2, 0.25) is 0 Å². The Bertz CT molecular complexity index is 508. The summed E-state index contributed by atoms with van der Waals surface area (Å²) in [5.41, 5.74) is 0.988. The fourth-order valence-corrected chi connectivity index (χ4v) is 2.04. The number of aliphatic imine (C=N–C) groups is 1. The summed E-state index contributed by atoms with van der Waals surface area (Å²) < 4.78 is 10.6. The van der Waals surface area contributed by atoms with Crippen molar-refractivity contribution in [3.05, 3.63) is 29.8 Å². The monoisotopic (exact) mass is 321 g/mol. The average Bonchev–Trinajstić information content (AvgIpc) is 2.55. The van der Waals surface area contributed by atoms with Crippen molar-refractivity contribution in [2.45, 2.75) is 38.7 Å². The van der Waals surface area contributed by atoms with Crippen molar-refractivity contribution in [1.29, 1.82) is 0 Å². The van der Waals surface area contributed by atoms with Crippen molar-refractivity contribution < 1.29 is 9.47 Å². The maximum Gasteiger partial charge on any atom is 0.191 e. The van der Waals surface area contributed by atoms with Gasteiger partial charge < -0.3 is 20.1 Å². The molecule has 0 saturated heterocycles. The van der Waals surface area contributed by atoms with E-state index < -0.39 is 0 Å². The summed E-state index contributed by atoms with van der Waals surface area (Å²) in [6.45, 7) is 9.93. The van der Waals surface area contributed by atoms with E-state index in [4.69, 9.17) is 9.47 Å². The van der Waals surface area contributed by atoms with Gasteiger partial charge in [-0.15, -0.1) is 0 Å². The molecule has 1 rings (SSSR count). The van der Waals surface area contributed by atoms with Crippen molar-refractivity contribution in [3.63, 3.8) is 0 Å². The molecule has 0 radical (unpaired) electrons. The standard InChI is InChI=1S/C18H31N3O2/c1-17(2,14-8-10-15(22-6)11-9-14)12-20-16(19-5)21-13-18(3,4)23-7/h8-11H,12-13H2,1-7H3,(H2,19,20,21). The van der Waals surface area contributed by atoms with Crippen LogP contribution in [-0.2, 0) is 10.2 Å². The molecule has 1 aromatic carbocycles. The summed E-state index contributed by atoms with van der Waals surface area (Å²) in [5, 5.41) is 6.68. The van der Waals surface area contributed by atoms with Gasteiger partial charge in [-0.2, -0.15) is 0 Å². The van der Waals surface area contributed by atoms with Gasteiger partial charge >= 0.3 is 0 Å². The molecule has 0 unspecified atom stereocenters. The Morgan fingerprint density at radius 3 is 2.04 bits per heavy atom. The molecule has 0 saturated carbocycles. The van der Waals surface area contributed by atoms with Crippen molar-refractivity contribution in [2.24, 2.45) is 4.99 Å². The van der Waals surface area contributed by atoms with E-state index in [1.807, 2.05) is 26.0 Å². The molecule has 2 N–H and O–H groups in total. The third kappa shape index (κ3) is 6.10. The molecule has 0 atom stereocenters. The first kappa shape index (κ1) is 19.3. The van der Waals surface area contributed by atoms with Crippen molar-refractivity contribution in [1.82, 2.24) is 10.6 Å². The van der Waals surface area contributed by atoms with Crippen molar-refractivity contribution in [2.75, 3.05) is 34.4 Å². The molecule has 1 aromatic rings. The molecule has 23 heavy (non-hydrogen) atoms. The number of methoxy groups -OCH3 is 2. The van der Waals surface area contributed by atoms with Crippen molar-refractivity contribution >= 4 is 5.96 Å². The molecule has 0 aliphatic heterocycles. The van der Waals surface area contributed by atoms with Gasteiger partial charge in [-0.05, 0) is 31.5 Å². The Labute approximate surface area is 140 Å². The molecule has 130 valence electrons. The Morgan fingerprint density at radius 1 is 1.00 bits per heavy atom. The lowest BCUT2D eigenvalue weighted by molar-refractivity contribution is 0.0268. The van der Waals surface area contributed by atoms with E-state index in [0.717, 1.165) is 18.3 Å². The fraction of sp³-hybridized carbons (Fsp3) is 0.611.